The van der Waals surface area contributed by atoms with Gasteiger partial charge in [0.05, 0.1) is 16.6 Å². The van der Waals surface area contributed by atoms with Crippen molar-refractivity contribution < 1.29 is 9.47 Å². The summed E-state index contributed by atoms with van der Waals surface area (Å²) in [6, 6.07) is 0. The Labute approximate surface area is 62.7 Å². The van der Waals surface area contributed by atoms with Gasteiger partial charge in [-0.1, -0.05) is 22.6 Å². The van der Waals surface area contributed by atoms with E-state index in [4.69, 9.17) is 9.47 Å². The van der Waals surface area contributed by atoms with E-state index >= 15 is 0 Å². The molecule has 0 aromatic heterocycles. The number of ether oxygens (including phenoxy) is 2. The molecule has 0 N–H and O–H groups in total. The van der Waals surface area contributed by atoms with Crippen LogP contribution in [0.5, 0.6) is 0 Å². The fraction of sp³-hybridized carbons (Fsp3) is 1.00. The van der Waals surface area contributed by atoms with Gasteiger partial charge in [0.2, 0.25) is 0 Å². The first kappa shape index (κ1) is 6.77. The quantitative estimate of drug-likeness (QED) is 0.458. The fourth-order valence-corrected chi connectivity index (χ4v) is 1.02. The Morgan fingerprint density at radius 1 is 1.62 bits per heavy atom. The highest BCUT2D eigenvalue weighted by molar-refractivity contribution is 14.1. The second-order valence-corrected chi connectivity index (χ2v) is 3.48. The summed E-state index contributed by atoms with van der Waals surface area (Å²) < 4.78 is 10.7. The molecule has 0 radical (unpaired) electrons. The van der Waals surface area contributed by atoms with Crippen LogP contribution in [0, 0.1) is 0 Å². The third-order valence-electron chi connectivity index (χ3n) is 1.20. The van der Waals surface area contributed by atoms with Crippen molar-refractivity contribution in [1.29, 1.82) is 0 Å². The van der Waals surface area contributed by atoms with Crippen molar-refractivity contribution in [3.63, 3.8) is 0 Å². The Morgan fingerprint density at radius 2 is 2.38 bits per heavy atom. The fourth-order valence-electron chi connectivity index (χ4n) is 0.556. The van der Waals surface area contributed by atoms with Crippen molar-refractivity contribution in [3.05, 3.63) is 0 Å². The Hall–Kier alpha value is 0.650. The zero-order chi connectivity index (χ0) is 5.98. The zero-order valence-electron chi connectivity index (χ0n) is 4.76. The van der Waals surface area contributed by atoms with Crippen molar-refractivity contribution in [3.8, 4) is 0 Å². The summed E-state index contributed by atoms with van der Waals surface area (Å²) in [4.78, 5) is 0. The van der Waals surface area contributed by atoms with Gasteiger partial charge < -0.3 is 9.47 Å². The van der Waals surface area contributed by atoms with Crippen molar-refractivity contribution in [2.75, 3.05) is 13.4 Å². The first-order valence-corrected chi connectivity index (χ1v) is 3.88. The largest absolute Gasteiger partial charge is 0.354 e. The van der Waals surface area contributed by atoms with Gasteiger partial charge in [0, 0.05) is 0 Å². The highest BCUT2D eigenvalue weighted by Gasteiger charge is 2.18. The molecule has 0 bridgehead atoms. The standard InChI is InChI=1S/C5H9IO2/c1-4-5(6)2-7-3-8-4/h4-5H,2-3H2,1H3. The maximum atomic E-state index is 5.16. The van der Waals surface area contributed by atoms with Crippen molar-refractivity contribution in [2.24, 2.45) is 0 Å². The van der Waals surface area contributed by atoms with Gasteiger partial charge in [0.1, 0.15) is 6.79 Å². The Bertz CT molecular complexity index is 66.8. The summed E-state index contributed by atoms with van der Waals surface area (Å²) in [7, 11) is 0. The zero-order valence-corrected chi connectivity index (χ0v) is 6.92. The highest BCUT2D eigenvalue weighted by Crippen LogP contribution is 2.14. The van der Waals surface area contributed by atoms with Crippen LogP contribution in [0.4, 0.5) is 0 Å². The molecule has 2 unspecified atom stereocenters. The van der Waals surface area contributed by atoms with E-state index in [1.165, 1.54) is 0 Å². The second kappa shape index (κ2) is 2.98. The smallest absolute Gasteiger partial charge is 0.147 e. The molecule has 1 rings (SSSR count). The Balaban J connectivity index is 2.28. The molecule has 1 heterocycles. The lowest BCUT2D eigenvalue weighted by Gasteiger charge is -2.24. The van der Waals surface area contributed by atoms with Crippen molar-refractivity contribution in [2.45, 2.75) is 17.0 Å². The molecular formula is C5H9IO2. The number of rotatable bonds is 0. The van der Waals surface area contributed by atoms with E-state index in [-0.39, 0.29) is 0 Å². The van der Waals surface area contributed by atoms with E-state index in [2.05, 4.69) is 29.5 Å². The summed E-state index contributed by atoms with van der Waals surface area (Å²) in [5.41, 5.74) is 0. The van der Waals surface area contributed by atoms with Crippen LogP contribution < -0.4 is 0 Å². The molecule has 0 aromatic rings. The van der Waals surface area contributed by atoms with Crippen LogP contribution in [-0.2, 0) is 9.47 Å². The van der Waals surface area contributed by atoms with Crippen LogP contribution in [0.15, 0.2) is 0 Å². The minimum atomic E-state index is 0.365. The monoisotopic (exact) mass is 228 g/mol. The van der Waals surface area contributed by atoms with Crippen LogP contribution in [0.25, 0.3) is 0 Å². The van der Waals surface area contributed by atoms with Crippen LogP contribution in [-0.4, -0.2) is 23.4 Å². The minimum absolute atomic E-state index is 0.365. The summed E-state index contributed by atoms with van der Waals surface area (Å²) >= 11 is 2.33. The highest BCUT2D eigenvalue weighted by atomic mass is 127. The lowest BCUT2D eigenvalue weighted by atomic mass is 10.3. The van der Waals surface area contributed by atoms with E-state index in [0.29, 0.717) is 16.8 Å². The van der Waals surface area contributed by atoms with Gasteiger partial charge in [-0.05, 0) is 6.92 Å². The predicted molar refractivity (Wildman–Crippen MR) is 39.2 cm³/mol. The van der Waals surface area contributed by atoms with Gasteiger partial charge in [-0.2, -0.15) is 0 Å². The van der Waals surface area contributed by atoms with Gasteiger partial charge in [-0.25, -0.2) is 0 Å². The summed E-state index contributed by atoms with van der Waals surface area (Å²) in [6.07, 6.45) is 0.365. The van der Waals surface area contributed by atoms with Gasteiger partial charge >= 0.3 is 0 Å². The number of alkyl halides is 1. The van der Waals surface area contributed by atoms with E-state index in [1.807, 2.05) is 0 Å². The SMILES string of the molecule is CC1OCOCC1I. The summed E-state index contributed by atoms with van der Waals surface area (Å²) in [5.74, 6) is 0. The molecule has 1 saturated heterocycles. The normalized spacial score (nSPS) is 39.8. The Kier molecular flexibility index (Phi) is 2.52. The molecule has 0 amide bonds. The lowest BCUT2D eigenvalue weighted by Crippen LogP contribution is -2.32. The molecule has 0 saturated carbocycles. The van der Waals surface area contributed by atoms with Crippen LogP contribution in [0.2, 0.25) is 0 Å². The van der Waals surface area contributed by atoms with Gasteiger partial charge in [0.15, 0.2) is 0 Å². The molecule has 2 nitrogen and oxygen atoms in total. The van der Waals surface area contributed by atoms with E-state index in [9.17, 15) is 0 Å². The predicted octanol–water partition coefficient (Wildman–Crippen LogP) is 1.18. The average Bonchev–Trinajstić information content (AvgIpc) is 1.77. The third-order valence-corrected chi connectivity index (χ3v) is 2.57. The van der Waals surface area contributed by atoms with Gasteiger partial charge in [-0.3, -0.25) is 0 Å². The Morgan fingerprint density at radius 3 is 2.75 bits per heavy atom. The molecule has 3 heteroatoms. The molecule has 1 aliphatic rings. The molecule has 48 valence electrons. The van der Waals surface area contributed by atoms with E-state index in [1.54, 1.807) is 0 Å². The maximum Gasteiger partial charge on any atom is 0.147 e. The molecule has 8 heavy (non-hydrogen) atoms. The topological polar surface area (TPSA) is 18.5 Å². The molecule has 0 aromatic carbocycles. The minimum Gasteiger partial charge on any atom is -0.354 e. The first-order chi connectivity index (χ1) is 3.80. The molecule has 1 aliphatic heterocycles. The van der Waals surface area contributed by atoms with Crippen molar-refractivity contribution in [1.82, 2.24) is 0 Å². The molecule has 0 aliphatic carbocycles. The van der Waals surface area contributed by atoms with E-state index < -0.39 is 0 Å². The number of hydrogen-bond donors (Lipinski definition) is 0. The maximum absolute atomic E-state index is 5.16. The van der Waals surface area contributed by atoms with Gasteiger partial charge in [0.25, 0.3) is 0 Å². The molecule has 1 fully saturated rings. The number of hydrogen-bond acceptors (Lipinski definition) is 2. The van der Waals surface area contributed by atoms with Crippen LogP contribution in [0.3, 0.4) is 0 Å². The average molecular weight is 228 g/mol. The summed E-state index contributed by atoms with van der Waals surface area (Å²) in [5, 5.41) is 0. The third kappa shape index (κ3) is 1.56. The molecule has 2 atom stereocenters. The van der Waals surface area contributed by atoms with Crippen molar-refractivity contribution >= 4 is 22.6 Å². The van der Waals surface area contributed by atoms with Crippen LogP contribution in [0.1, 0.15) is 6.92 Å². The lowest BCUT2D eigenvalue weighted by molar-refractivity contribution is -0.125. The first-order valence-electron chi connectivity index (χ1n) is 2.64. The summed E-state index contributed by atoms with van der Waals surface area (Å²) in [6.45, 7) is 3.38. The number of halogens is 1. The van der Waals surface area contributed by atoms with E-state index in [0.717, 1.165) is 6.61 Å². The van der Waals surface area contributed by atoms with Gasteiger partial charge in [-0.15, -0.1) is 0 Å². The second-order valence-electron chi connectivity index (χ2n) is 1.88. The molecule has 0 spiro atoms. The van der Waals surface area contributed by atoms with Crippen LogP contribution >= 0.6 is 22.6 Å². The molecular weight excluding hydrogens is 219 g/mol.